The molecule has 0 aromatic rings. The molecule has 21 heavy (non-hydrogen) atoms. The highest BCUT2D eigenvalue weighted by Gasteiger charge is 2.43. The number of carboxylic acid groups (broad SMARTS) is 1. The molecule has 0 aliphatic carbocycles. The van der Waals surface area contributed by atoms with Crippen LogP contribution >= 0.6 is 0 Å². The first-order valence-corrected chi connectivity index (χ1v) is 7.39. The molecule has 0 aromatic carbocycles. The van der Waals surface area contributed by atoms with Gasteiger partial charge in [-0.3, -0.25) is 29.1 Å². The maximum atomic E-state index is 12.3. The molecule has 2 unspecified atom stereocenters. The first-order valence-electron chi connectivity index (χ1n) is 7.39. The van der Waals surface area contributed by atoms with Crippen LogP contribution in [0.15, 0.2) is 0 Å². The Morgan fingerprint density at radius 3 is 2.14 bits per heavy atom. The third kappa shape index (κ3) is 3.08. The minimum Gasteiger partial charge on any atom is -0.480 e. The molecule has 2 atom stereocenters. The van der Waals surface area contributed by atoms with E-state index in [4.69, 9.17) is 5.11 Å². The minimum atomic E-state index is -0.832. The van der Waals surface area contributed by atoms with Crippen molar-refractivity contribution in [2.75, 3.05) is 26.2 Å². The zero-order chi connectivity index (χ0) is 15.7. The Labute approximate surface area is 124 Å². The number of hydrogen-bond acceptors (Lipinski definition) is 5. The molecule has 2 saturated heterocycles. The van der Waals surface area contributed by atoms with Gasteiger partial charge in [-0.2, -0.15) is 0 Å². The monoisotopic (exact) mass is 297 g/mol. The molecule has 0 bridgehead atoms. The van der Waals surface area contributed by atoms with Crippen molar-refractivity contribution in [1.29, 1.82) is 0 Å². The van der Waals surface area contributed by atoms with E-state index in [2.05, 4.69) is 0 Å². The molecule has 2 aliphatic heterocycles. The van der Waals surface area contributed by atoms with Gasteiger partial charge in [0.15, 0.2) is 0 Å². The normalized spacial score (nSPS) is 26.7. The Hall–Kier alpha value is -1.47. The SMILES string of the molecule is CC(C(=O)O)N1CCN(C2CC(=O)N(C(C)C)C2=O)CC1. The third-order valence-electron chi connectivity index (χ3n) is 4.37. The van der Waals surface area contributed by atoms with E-state index in [1.54, 1.807) is 6.92 Å². The van der Waals surface area contributed by atoms with Gasteiger partial charge < -0.3 is 5.11 Å². The van der Waals surface area contributed by atoms with Crippen LogP contribution in [0.1, 0.15) is 27.2 Å². The number of amides is 2. The molecule has 7 heteroatoms. The Morgan fingerprint density at radius 2 is 1.71 bits per heavy atom. The summed E-state index contributed by atoms with van der Waals surface area (Å²) in [7, 11) is 0. The highest BCUT2D eigenvalue weighted by Crippen LogP contribution is 2.22. The fourth-order valence-electron chi connectivity index (χ4n) is 3.05. The topological polar surface area (TPSA) is 81.2 Å². The molecular formula is C14H23N3O4. The van der Waals surface area contributed by atoms with Gasteiger partial charge in [0.1, 0.15) is 6.04 Å². The van der Waals surface area contributed by atoms with E-state index in [0.29, 0.717) is 26.2 Å². The van der Waals surface area contributed by atoms with E-state index in [9.17, 15) is 14.4 Å². The summed E-state index contributed by atoms with van der Waals surface area (Å²) in [5.74, 6) is -1.06. The lowest BCUT2D eigenvalue weighted by Crippen LogP contribution is -2.55. The number of carboxylic acids is 1. The molecule has 0 aromatic heterocycles. The van der Waals surface area contributed by atoms with Crippen molar-refractivity contribution in [3.63, 3.8) is 0 Å². The van der Waals surface area contributed by atoms with E-state index >= 15 is 0 Å². The average Bonchev–Trinajstić information content (AvgIpc) is 2.73. The van der Waals surface area contributed by atoms with Gasteiger partial charge in [-0.1, -0.05) is 0 Å². The number of rotatable bonds is 4. The summed E-state index contributed by atoms with van der Waals surface area (Å²) in [6, 6.07) is -0.995. The van der Waals surface area contributed by atoms with Crippen LogP contribution in [0.4, 0.5) is 0 Å². The predicted octanol–water partition coefficient (Wildman–Crippen LogP) is -0.387. The van der Waals surface area contributed by atoms with Gasteiger partial charge in [-0.15, -0.1) is 0 Å². The largest absolute Gasteiger partial charge is 0.480 e. The fraction of sp³-hybridized carbons (Fsp3) is 0.786. The molecule has 118 valence electrons. The second-order valence-electron chi connectivity index (χ2n) is 6.00. The van der Waals surface area contributed by atoms with Gasteiger partial charge in [-0.25, -0.2) is 0 Å². The quantitative estimate of drug-likeness (QED) is 0.712. The third-order valence-corrected chi connectivity index (χ3v) is 4.37. The number of carbonyl (C=O) groups excluding carboxylic acids is 2. The van der Waals surface area contributed by atoms with Crippen LogP contribution in [0.2, 0.25) is 0 Å². The molecule has 2 amide bonds. The van der Waals surface area contributed by atoms with Gasteiger partial charge in [-0.05, 0) is 20.8 Å². The number of piperazine rings is 1. The second kappa shape index (κ2) is 6.11. The Kier molecular flexibility index (Phi) is 4.63. The molecular weight excluding hydrogens is 274 g/mol. The number of aliphatic carboxylic acids is 1. The summed E-state index contributed by atoms with van der Waals surface area (Å²) >= 11 is 0. The summed E-state index contributed by atoms with van der Waals surface area (Å²) in [6.45, 7) is 7.79. The maximum Gasteiger partial charge on any atom is 0.320 e. The highest BCUT2D eigenvalue weighted by molar-refractivity contribution is 6.05. The summed E-state index contributed by atoms with van der Waals surface area (Å²) < 4.78 is 0. The van der Waals surface area contributed by atoms with Crippen LogP contribution in [-0.2, 0) is 14.4 Å². The van der Waals surface area contributed by atoms with Crippen LogP contribution in [0, 0.1) is 0 Å². The van der Waals surface area contributed by atoms with Crippen molar-refractivity contribution in [1.82, 2.24) is 14.7 Å². The van der Waals surface area contributed by atoms with Gasteiger partial charge in [0.2, 0.25) is 11.8 Å². The minimum absolute atomic E-state index is 0.108. The molecule has 2 rings (SSSR count). The van der Waals surface area contributed by atoms with Crippen molar-refractivity contribution in [2.24, 2.45) is 0 Å². The van der Waals surface area contributed by atoms with Gasteiger partial charge >= 0.3 is 5.97 Å². The molecule has 0 spiro atoms. The number of carbonyl (C=O) groups is 3. The zero-order valence-corrected chi connectivity index (χ0v) is 12.8. The van der Waals surface area contributed by atoms with Gasteiger partial charge in [0.05, 0.1) is 12.5 Å². The van der Waals surface area contributed by atoms with Crippen LogP contribution in [0.3, 0.4) is 0 Å². The number of likely N-dealkylation sites (tertiary alicyclic amines) is 1. The maximum absolute atomic E-state index is 12.3. The van der Waals surface area contributed by atoms with Crippen molar-refractivity contribution < 1.29 is 19.5 Å². The Bertz CT molecular complexity index is 444. The van der Waals surface area contributed by atoms with E-state index in [0.717, 1.165) is 0 Å². The lowest BCUT2D eigenvalue weighted by atomic mass is 10.1. The lowest BCUT2D eigenvalue weighted by molar-refractivity contribution is -0.145. The molecule has 2 heterocycles. The van der Waals surface area contributed by atoms with Crippen LogP contribution in [-0.4, -0.2) is 81.9 Å². The highest BCUT2D eigenvalue weighted by atomic mass is 16.4. The standard InChI is InChI=1S/C14H23N3O4/c1-9(2)17-12(18)8-11(13(17)19)16-6-4-15(5-7-16)10(3)14(20)21/h9-11H,4-8H2,1-3H3,(H,20,21). The second-order valence-corrected chi connectivity index (χ2v) is 6.00. The van der Waals surface area contributed by atoms with Crippen molar-refractivity contribution in [3.8, 4) is 0 Å². The van der Waals surface area contributed by atoms with Crippen LogP contribution in [0.25, 0.3) is 0 Å². The number of nitrogens with zero attached hydrogens (tertiary/aromatic N) is 3. The van der Waals surface area contributed by atoms with E-state index in [1.807, 2.05) is 23.6 Å². The summed E-state index contributed by atoms with van der Waals surface area (Å²) in [4.78, 5) is 40.5. The Balaban J connectivity index is 1.96. The molecule has 1 N–H and O–H groups in total. The van der Waals surface area contributed by atoms with E-state index in [1.165, 1.54) is 4.90 Å². The fourth-order valence-corrected chi connectivity index (χ4v) is 3.05. The van der Waals surface area contributed by atoms with Crippen molar-refractivity contribution >= 4 is 17.8 Å². The average molecular weight is 297 g/mol. The van der Waals surface area contributed by atoms with Crippen molar-refractivity contribution in [3.05, 3.63) is 0 Å². The first-order chi connectivity index (χ1) is 9.82. The first kappa shape index (κ1) is 15.9. The van der Waals surface area contributed by atoms with Crippen LogP contribution in [0.5, 0.6) is 0 Å². The predicted molar refractivity (Wildman–Crippen MR) is 75.6 cm³/mol. The number of imide groups is 1. The molecule has 2 fully saturated rings. The summed E-state index contributed by atoms with van der Waals surface area (Å²) in [6.07, 6.45) is 0.242. The van der Waals surface area contributed by atoms with E-state index < -0.39 is 12.0 Å². The smallest absolute Gasteiger partial charge is 0.320 e. The molecule has 7 nitrogen and oxygen atoms in total. The summed E-state index contributed by atoms with van der Waals surface area (Å²) in [5.41, 5.74) is 0. The van der Waals surface area contributed by atoms with Gasteiger partial charge in [0, 0.05) is 32.2 Å². The lowest BCUT2D eigenvalue weighted by Gasteiger charge is -2.38. The molecule has 2 aliphatic rings. The zero-order valence-electron chi connectivity index (χ0n) is 12.8. The Morgan fingerprint density at radius 1 is 1.14 bits per heavy atom. The van der Waals surface area contributed by atoms with Crippen molar-refractivity contribution in [2.45, 2.75) is 45.3 Å². The molecule has 0 radical (unpaired) electrons. The van der Waals surface area contributed by atoms with Gasteiger partial charge in [0.25, 0.3) is 0 Å². The summed E-state index contributed by atoms with van der Waals surface area (Å²) in [5, 5.41) is 9.02. The van der Waals surface area contributed by atoms with E-state index in [-0.39, 0.29) is 30.3 Å². The van der Waals surface area contributed by atoms with Crippen LogP contribution < -0.4 is 0 Å². The molecule has 0 saturated carbocycles. The number of hydrogen-bond donors (Lipinski definition) is 1.